The molecule has 1 aromatic carbocycles. The number of nitrogens with two attached hydrogens (primary N) is 1. The van der Waals surface area contributed by atoms with Gasteiger partial charge in [-0.2, -0.15) is 8.42 Å². The second kappa shape index (κ2) is 37.5. The summed E-state index contributed by atoms with van der Waals surface area (Å²) in [7, 11) is -4.35. The first-order valence-corrected chi connectivity index (χ1v) is 26.6. The highest BCUT2D eigenvalue weighted by molar-refractivity contribution is 7.85. The molecule has 0 fully saturated rings. The Hall–Kier alpha value is -5.20. The van der Waals surface area contributed by atoms with Gasteiger partial charge in [0.05, 0.1) is 64.0 Å². The summed E-state index contributed by atoms with van der Waals surface area (Å²) in [5, 5.41) is 10.4. The van der Waals surface area contributed by atoms with Crippen molar-refractivity contribution in [2.24, 2.45) is 35.3 Å². The number of ether oxygens (including phenoxy) is 5. The molecule has 0 aliphatic carbocycles. The Morgan fingerprint density at radius 2 is 1.19 bits per heavy atom. The molecule has 1 rings (SSSR count). The highest BCUT2D eigenvalue weighted by Gasteiger charge is 2.32. The van der Waals surface area contributed by atoms with Crippen molar-refractivity contribution in [3.63, 3.8) is 0 Å². The largest absolute Gasteiger partial charge is 0.461 e. The van der Waals surface area contributed by atoms with E-state index >= 15 is 0 Å². The molecule has 0 saturated heterocycles. The predicted octanol–water partition coefficient (Wildman–Crippen LogP) is 3.66. The van der Waals surface area contributed by atoms with Crippen LogP contribution in [-0.2, 0) is 78.8 Å². The van der Waals surface area contributed by atoms with E-state index in [0.717, 1.165) is 0 Å². The fourth-order valence-corrected chi connectivity index (χ4v) is 7.17. The number of Topliss-reactive ketones (excluding diaryl/α,β-unsaturated/α-hetero) is 4. The summed E-state index contributed by atoms with van der Waals surface area (Å²) in [5.74, 6) is -6.51. The average Bonchev–Trinajstić information content (AvgIpc) is 3.32. The maximum atomic E-state index is 14.0. The summed E-state index contributed by atoms with van der Waals surface area (Å²) in [6.07, 6.45) is 0.732. The Labute approximate surface area is 430 Å². The van der Waals surface area contributed by atoms with E-state index in [1.165, 1.54) is 0 Å². The fourth-order valence-electron chi connectivity index (χ4n) is 6.81. The highest BCUT2D eigenvalue weighted by Crippen LogP contribution is 2.21. The van der Waals surface area contributed by atoms with Crippen molar-refractivity contribution < 1.29 is 79.8 Å². The number of benzene rings is 1. The van der Waals surface area contributed by atoms with Gasteiger partial charge in [-0.25, -0.2) is 4.79 Å². The molecule has 414 valence electrons. The minimum atomic E-state index is -4.35. The zero-order valence-electron chi connectivity index (χ0n) is 43.5. The van der Waals surface area contributed by atoms with Gasteiger partial charge in [0.15, 0.2) is 5.78 Å². The van der Waals surface area contributed by atoms with Crippen molar-refractivity contribution in [2.45, 2.75) is 125 Å². The van der Waals surface area contributed by atoms with Gasteiger partial charge in [-0.15, -0.1) is 0 Å². The molecule has 22 nitrogen and oxygen atoms in total. The number of hydrogen-bond donors (Lipinski definition) is 6. The first-order chi connectivity index (χ1) is 34.5. The van der Waals surface area contributed by atoms with E-state index in [2.05, 4.69) is 21.3 Å². The van der Waals surface area contributed by atoms with Gasteiger partial charge in [-0.05, 0) is 49.3 Å². The van der Waals surface area contributed by atoms with E-state index in [1.54, 1.807) is 52.0 Å². The lowest BCUT2D eigenvalue weighted by molar-refractivity contribution is -0.148. The highest BCUT2D eigenvalue weighted by atomic mass is 32.2. The topological polar surface area (TPSA) is 328 Å². The first-order valence-electron chi connectivity index (χ1n) is 25.0. The molecule has 0 aliphatic rings. The monoisotopic (exact) mass is 1060 g/mol. The third kappa shape index (κ3) is 33.3. The number of esters is 1. The van der Waals surface area contributed by atoms with Gasteiger partial charge in [0.2, 0.25) is 17.7 Å². The number of carbonyl (C=O) groups excluding carboxylic acids is 9. The lowest BCUT2D eigenvalue weighted by Gasteiger charge is -2.26. The molecule has 0 heterocycles. The van der Waals surface area contributed by atoms with Crippen molar-refractivity contribution in [3.8, 4) is 0 Å². The van der Waals surface area contributed by atoms with Crippen LogP contribution in [0.4, 0.5) is 10.5 Å². The molecular formula is C50H81N5O17S. The molecule has 0 unspecified atom stereocenters. The number of hydrogen-bond acceptors (Lipinski definition) is 16. The van der Waals surface area contributed by atoms with Gasteiger partial charge < -0.3 is 50.7 Å². The van der Waals surface area contributed by atoms with E-state index in [-0.39, 0.29) is 139 Å². The predicted molar refractivity (Wildman–Crippen MR) is 269 cm³/mol. The van der Waals surface area contributed by atoms with Crippen molar-refractivity contribution in [1.82, 2.24) is 16.0 Å². The third-order valence-electron chi connectivity index (χ3n) is 11.2. The minimum absolute atomic E-state index is 0.00550. The van der Waals surface area contributed by atoms with Crippen LogP contribution in [0.25, 0.3) is 0 Å². The Bertz CT molecular complexity index is 2000. The molecule has 0 bridgehead atoms. The molecule has 23 heteroatoms. The van der Waals surface area contributed by atoms with E-state index in [0.29, 0.717) is 50.5 Å². The second-order valence-corrected chi connectivity index (χ2v) is 20.1. The number of urea groups is 1. The van der Waals surface area contributed by atoms with Crippen LogP contribution in [0.1, 0.15) is 118 Å². The fraction of sp³-hybridized carbons (Fsp3) is 0.700. The summed E-state index contributed by atoms with van der Waals surface area (Å²) in [6, 6.07) is 4.72. The number of amides is 5. The van der Waals surface area contributed by atoms with Crippen LogP contribution in [-0.4, -0.2) is 144 Å². The molecule has 0 aromatic heterocycles. The zero-order valence-corrected chi connectivity index (χ0v) is 44.3. The van der Waals surface area contributed by atoms with Crippen LogP contribution in [0.15, 0.2) is 24.3 Å². The summed E-state index contributed by atoms with van der Waals surface area (Å²) in [4.78, 5) is 114. The maximum Gasteiger partial charge on any atom is 0.312 e. The summed E-state index contributed by atoms with van der Waals surface area (Å²) < 4.78 is 58.5. The quantitative estimate of drug-likeness (QED) is 0.0309. The summed E-state index contributed by atoms with van der Waals surface area (Å²) >= 11 is 0. The molecule has 3 atom stereocenters. The summed E-state index contributed by atoms with van der Waals surface area (Å²) in [6.45, 7) is 12.3. The summed E-state index contributed by atoms with van der Waals surface area (Å²) in [5.41, 5.74) is 6.30. The number of nitrogens with one attached hydrogen (secondary N) is 4. The van der Waals surface area contributed by atoms with Gasteiger partial charge >= 0.3 is 12.0 Å². The SMILES string of the molecule is CC(C)C(=O)CCC(=O)CCCOCCOCCOCCOCCC(=O)C[C@H](CCC(=O)NCCS(=O)(=O)O)C(=O)N[C@H](C(=O)C[C@@H](CCCNC(N)=O)C(=O)Nc1ccc(COC(=O)C(C)C)cc1)C(C)C. The molecule has 0 radical (unpaired) electrons. The second-order valence-electron chi connectivity index (χ2n) is 18.6. The minimum Gasteiger partial charge on any atom is -0.461 e. The van der Waals surface area contributed by atoms with Crippen molar-refractivity contribution in [1.29, 1.82) is 0 Å². The Morgan fingerprint density at radius 1 is 0.603 bits per heavy atom. The Balaban J connectivity index is 2.80. The van der Waals surface area contributed by atoms with Gasteiger partial charge in [-0.3, -0.25) is 42.9 Å². The first kappa shape index (κ1) is 65.8. The van der Waals surface area contributed by atoms with Gasteiger partial charge in [0, 0.05) is 88.1 Å². The van der Waals surface area contributed by atoms with Crippen LogP contribution in [0.3, 0.4) is 0 Å². The molecule has 0 spiro atoms. The molecule has 7 N–H and O–H groups in total. The standard InChI is InChI=1S/C50H81N5O17S/c1-34(2)43(58)17-16-41(56)10-8-22-68-24-26-70-28-29-71-27-25-69-23-19-42(57)31-39(13-18-45(60)52-21-30-73(65,66)67)48(62)55-46(35(3)4)44(59)32-38(9-7-20-53-50(51)64)47(61)54-40-14-11-37(12-15-40)33-72-49(63)36(5)6/h11-12,14-15,34-36,38-39,46H,7-10,13,16-33H2,1-6H3,(H,52,60)(H,54,61)(H,55,62)(H3,51,53,64)(H,65,66,67)/t38-,39+,46+/m1/s1. The van der Waals surface area contributed by atoms with Gasteiger partial charge in [0.25, 0.3) is 10.1 Å². The molecule has 73 heavy (non-hydrogen) atoms. The van der Waals surface area contributed by atoms with Crippen LogP contribution < -0.4 is 27.0 Å². The number of anilines is 1. The maximum absolute atomic E-state index is 14.0. The van der Waals surface area contributed by atoms with E-state index in [9.17, 15) is 51.6 Å². The smallest absolute Gasteiger partial charge is 0.312 e. The van der Waals surface area contributed by atoms with E-state index in [1.807, 2.05) is 13.8 Å². The van der Waals surface area contributed by atoms with Crippen LogP contribution in [0.2, 0.25) is 0 Å². The molecule has 5 amide bonds. The zero-order chi connectivity index (χ0) is 54.8. The van der Waals surface area contributed by atoms with E-state index in [4.69, 9.17) is 34.0 Å². The van der Waals surface area contributed by atoms with Crippen molar-refractivity contribution in [3.05, 3.63) is 29.8 Å². The van der Waals surface area contributed by atoms with Crippen molar-refractivity contribution >= 4 is 68.7 Å². The number of ketones is 4. The van der Waals surface area contributed by atoms with Crippen LogP contribution in [0.5, 0.6) is 0 Å². The third-order valence-corrected chi connectivity index (χ3v) is 11.9. The normalized spacial score (nSPS) is 12.7. The van der Waals surface area contributed by atoms with Gasteiger partial charge in [-0.1, -0.05) is 53.7 Å². The van der Waals surface area contributed by atoms with Crippen LogP contribution >= 0.6 is 0 Å². The average molecular weight is 1060 g/mol. The van der Waals surface area contributed by atoms with Crippen LogP contribution in [0, 0.1) is 29.6 Å². The Morgan fingerprint density at radius 3 is 1.75 bits per heavy atom. The molecular weight excluding hydrogens is 975 g/mol. The Kier molecular flexibility index (Phi) is 33.8. The molecule has 0 aliphatic heterocycles. The van der Waals surface area contributed by atoms with Gasteiger partial charge in [0.1, 0.15) is 24.0 Å². The lowest BCUT2D eigenvalue weighted by Crippen LogP contribution is -2.48. The number of primary amides is 1. The van der Waals surface area contributed by atoms with Crippen molar-refractivity contribution in [2.75, 3.05) is 77.0 Å². The number of rotatable bonds is 43. The molecule has 1 aromatic rings. The number of carbonyl (C=O) groups is 9. The lowest BCUT2D eigenvalue weighted by atomic mass is 9.88. The van der Waals surface area contributed by atoms with E-state index < -0.39 is 69.2 Å². The molecule has 0 saturated carbocycles.